The third kappa shape index (κ3) is 3.55. The van der Waals surface area contributed by atoms with E-state index in [1.54, 1.807) is 7.11 Å². The second-order valence-corrected chi connectivity index (χ2v) is 11.1. The lowest BCUT2D eigenvalue weighted by molar-refractivity contribution is -0.147. The fourth-order valence-corrected chi connectivity index (χ4v) is 4.69. The third-order valence-electron chi connectivity index (χ3n) is 4.85. The number of carboxylic acid groups (broad SMARTS) is 1. The van der Waals surface area contributed by atoms with Crippen LogP contribution in [-0.2, 0) is 14.0 Å². The molecule has 0 aliphatic heterocycles. The van der Waals surface area contributed by atoms with Crippen molar-refractivity contribution in [1.82, 2.24) is 5.32 Å². The average Bonchev–Trinajstić information content (AvgIpc) is 3.03. The van der Waals surface area contributed by atoms with Crippen LogP contribution in [0.1, 0.15) is 12.8 Å². The monoisotopic (exact) mass is 311 g/mol. The van der Waals surface area contributed by atoms with E-state index in [9.17, 15) is 14.7 Å². The number of allylic oxidation sites excluding steroid dienone is 2. The predicted molar refractivity (Wildman–Crippen MR) is 82.3 cm³/mol. The molecule has 0 spiro atoms. The zero-order chi connectivity index (χ0) is 15.6. The number of aliphatic carboxylic acids is 1. The number of hydrogen-bond donors (Lipinski definition) is 2. The number of carbonyl (C=O) groups is 2. The Morgan fingerprint density at radius 3 is 2.48 bits per heavy atom. The van der Waals surface area contributed by atoms with E-state index < -0.39 is 26.1 Å². The van der Waals surface area contributed by atoms with Gasteiger partial charge >= 0.3 is 5.97 Å². The van der Waals surface area contributed by atoms with Gasteiger partial charge in [-0.2, -0.15) is 0 Å². The normalized spacial score (nSPS) is 30.6. The number of nitrogens with one attached hydrogen (secondary N) is 1. The molecule has 2 bridgehead atoms. The molecule has 2 unspecified atom stereocenters. The molecule has 1 amide bonds. The van der Waals surface area contributed by atoms with Gasteiger partial charge in [0.15, 0.2) is 8.32 Å². The Hall–Kier alpha value is -1.14. The molecule has 118 valence electrons. The van der Waals surface area contributed by atoms with Gasteiger partial charge < -0.3 is 14.8 Å². The Morgan fingerprint density at radius 1 is 1.29 bits per heavy atom. The molecule has 0 aromatic carbocycles. The van der Waals surface area contributed by atoms with E-state index in [0.29, 0.717) is 6.54 Å². The van der Waals surface area contributed by atoms with E-state index >= 15 is 0 Å². The highest BCUT2D eigenvalue weighted by molar-refractivity contribution is 6.71. The summed E-state index contributed by atoms with van der Waals surface area (Å²) in [7, 11) is 0.158. The lowest BCUT2D eigenvalue weighted by Crippen LogP contribution is -2.41. The van der Waals surface area contributed by atoms with Crippen LogP contribution in [0.4, 0.5) is 0 Å². The second-order valence-electron chi connectivity index (χ2n) is 6.70. The Bertz CT molecular complexity index is 449. The number of carboxylic acids is 1. The number of hydrogen-bond acceptors (Lipinski definition) is 3. The Labute approximate surface area is 126 Å². The standard InChI is InChI=1S/C15H25NO4Si/c1-20-21(2,3)8-4-7-16-14(17)12-10-5-6-11(9-10)13(12)15(18)19/h5-6,10-13H,4,7-9H2,1-3H3,(H,16,17)(H,18,19)/t10-,11+,12?,13?/m0/s1. The zero-order valence-corrected chi connectivity index (χ0v) is 14.0. The van der Waals surface area contributed by atoms with Gasteiger partial charge in [0.05, 0.1) is 11.8 Å². The van der Waals surface area contributed by atoms with Crippen LogP contribution in [0.25, 0.3) is 0 Å². The molecule has 5 nitrogen and oxygen atoms in total. The van der Waals surface area contributed by atoms with Crippen molar-refractivity contribution in [1.29, 1.82) is 0 Å². The molecule has 1 fully saturated rings. The van der Waals surface area contributed by atoms with Crippen molar-refractivity contribution in [2.24, 2.45) is 23.7 Å². The van der Waals surface area contributed by atoms with Crippen molar-refractivity contribution in [2.75, 3.05) is 13.7 Å². The fourth-order valence-electron chi connectivity index (χ4n) is 3.46. The van der Waals surface area contributed by atoms with Gasteiger partial charge in [0.2, 0.25) is 5.91 Å². The van der Waals surface area contributed by atoms with Crippen LogP contribution < -0.4 is 5.32 Å². The first-order chi connectivity index (χ1) is 9.85. The van der Waals surface area contributed by atoms with Gasteiger partial charge in [-0.25, -0.2) is 0 Å². The minimum atomic E-state index is -1.58. The predicted octanol–water partition coefficient (Wildman–Crippen LogP) is 1.87. The van der Waals surface area contributed by atoms with E-state index in [4.69, 9.17) is 4.43 Å². The van der Waals surface area contributed by atoms with E-state index in [-0.39, 0.29) is 17.7 Å². The third-order valence-corrected chi connectivity index (χ3v) is 7.52. The summed E-state index contributed by atoms with van der Waals surface area (Å²) in [4.78, 5) is 23.7. The van der Waals surface area contributed by atoms with Gasteiger partial charge in [0, 0.05) is 13.7 Å². The highest BCUT2D eigenvalue weighted by Gasteiger charge is 2.51. The molecule has 4 atom stereocenters. The smallest absolute Gasteiger partial charge is 0.307 e. The maximum absolute atomic E-state index is 12.3. The Morgan fingerprint density at radius 2 is 1.90 bits per heavy atom. The Balaban J connectivity index is 1.83. The summed E-state index contributed by atoms with van der Waals surface area (Å²) < 4.78 is 5.47. The van der Waals surface area contributed by atoms with Crippen molar-refractivity contribution in [3.63, 3.8) is 0 Å². The first-order valence-corrected chi connectivity index (χ1v) is 10.7. The Kier molecular flexibility index (Phi) is 4.88. The molecule has 21 heavy (non-hydrogen) atoms. The van der Waals surface area contributed by atoms with Crippen LogP contribution >= 0.6 is 0 Å². The summed E-state index contributed by atoms with van der Waals surface area (Å²) >= 11 is 0. The lowest BCUT2D eigenvalue weighted by Gasteiger charge is -2.24. The van der Waals surface area contributed by atoms with Crippen LogP contribution in [0.2, 0.25) is 19.1 Å². The summed E-state index contributed by atoms with van der Waals surface area (Å²) in [6.45, 7) is 4.90. The summed E-state index contributed by atoms with van der Waals surface area (Å²) in [5.74, 6) is -1.77. The maximum atomic E-state index is 12.3. The highest BCUT2D eigenvalue weighted by atomic mass is 28.4. The summed E-state index contributed by atoms with van der Waals surface area (Å²) in [6, 6.07) is 0.989. The quantitative estimate of drug-likeness (QED) is 0.427. The van der Waals surface area contributed by atoms with Crippen LogP contribution in [-0.4, -0.2) is 39.0 Å². The van der Waals surface area contributed by atoms with Gasteiger partial charge in [0.25, 0.3) is 0 Å². The van der Waals surface area contributed by atoms with Crippen LogP contribution in [0.15, 0.2) is 12.2 Å². The van der Waals surface area contributed by atoms with Crippen LogP contribution in [0.3, 0.4) is 0 Å². The van der Waals surface area contributed by atoms with E-state index in [2.05, 4.69) is 18.4 Å². The lowest BCUT2D eigenvalue weighted by atomic mass is 9.82. The molecular formula is C15H25NO4Si. The molecule has 0 saturated heterocycles. The second kappa shape index (κ2) is 6.32. The highest BCUT2D eigenvalue weighted by Crippen LogP contribution is 2.48. The topological polar surface area (TPSA) is 75.6 Å². The molecule has 2 aliphatic rings. The van der Waals surface area contributed by atoms with Crippen molar-refractivity contribution >= 4 is 20.2 Å². The molecule has 2 N–H and O–H groups in total. The van der Waals surface area contributed by atoms with Gasteiger partial charge in [-0.15, -0.1) is 0 Å². The molecule has 0 heterocycles. The summed E-state index contributed by atoms with van der Waals surface area (Å²) in [5, 5.41) is 12.3. The molecule has 0 aromatic rings. The molecular weight excluding hydrogens is 286 g/mol. The van der Waals surface area contributed by atoms with Crippen LogP contribution in [0, 0.1) is 23.7 Å². The van der Waals surface area contributed by atoms with Crippen LogP contribution in [0.5, 0.6) is 0 Å². The SMILES string of the molecule is CO[Si](C)(C)CCCNC(=O)C1C(C(=O)O)[C@@H]2C=C[C@H]1C2. The van der Waals surface area contributed by atoms with Crippen molar-refractivity contribution in [3.8, 4) is 0 Å². The first kappa shape index (κ1) is 16.2. The molecule has 0 aromatic heterocycles. The zero-order valence-electron chi connectivity index (χ0n) is 13.0. The van der Waals surface area contributed by atoms with Gasteiger partial charge in [-0.05, 0) is 43.8 Å². The number of rotatable bonds is 7. The van der Waals surface area contributed by atoms with E-state index in [1.807, 2.05) is 12.2 Å². The van der Waals surface area contributed by atoms with E-state index in [0.717, 1.165) is 18.9 Å². The average molecular weight is 311 g/mol. The number of amides is 1. The van der Waals surface area contributed by atoms with Gasteiger partial charge in [-0.1, -0.05) is 12.2 Å². The van der Waals surface area contributed by atoms with Crippen molar-refractivity contribution in [2.45, 2.75) is 32.0 Å². The molecule has 0 radical (unpaired) electrons. The maximum Gasteiger partial charge on any atom is 0.307 e. The summed E-state index contributed by atoms with van der Waals surface area (Å²) in [6.07, 6.45) is 5.65. The minimum Gasteiger partial charge on any atom is -0.481 e. The van der Waals surface area contributed by atoms with Crippen molar-refractivity contribution < 1.29 is 19.1 Å². The van der Waals surface area contributed by atoms with Gasteiger partial charge in [-0.3, -0.25) is 9.59 Å². The van der Waals surface area contributed by atoms with Gasteiger partial charge in [0.1, 0.15) is 0 Å². The number of carbonyl (C=O) groups excluding carboxylic acids is 1. The van der Waals surface area contributed by atoms with Crippen molar-refractivity contribution in [3.05, 3.63) is 12.2 Å². The molecule has 2 rings (SSSR count). The number of fused-ring (bicyclic) bond motifs is 2. The first-order valence-electron chi connectivity index (χ1n) is 7.60. The molecule has 6 heteroatoms. The van der Waals surface area contributed by atoms with E-state index in [1.165, 1.54) is 0 Å². The summed E-state index contributed by atoms with van der Waals surface area (Å²) in [5.41, 5.74) is 0. The molecule has 2 aliphatic carbocycles. The fraction of sp³-hybridized carbons (Fsp3) is 0.733. The largest absolute Gasteiger partial charge is 0.481 e. The molecule has 1 saturated carbocycles. The minimum absolute atomic E-state index is 0.0306.